The van der Waals surface area contributed by atoms with E-state index in [0.717, 1.165) is 30.6 Å². The predicted octanol–water partition coefficient (Wildman–Crippen LogP) is 2.74. The summed E-state index contributed by atoms with van der Waals surface area (Å²) in [5.74, 6) is 0.0358. The minimum absolute atomic E-state index is 0.0358. The SMILES string of the molecule is O=C1C2CCCN2c2ccc(S(=O)(=O)N3CCOCC3)cc2N1C/C=C/c1ccccc1. The molecule has 2 fully saturated rings. The number of hydrogen-bond acceptors (Lipinski definition) is 5. The molecule has 3 heterocycles. The van der Waals surface area contributed by atoms with Gasteiger partial charge in [0.1, 0.15) is 6.04 Å². The number of nitrogens with zero attached hydrogens (tertiary/aromatic N) is 3. The predicted molar refractivity (Wildman–Crippen MR) is 124 cm³/mol. The van der Waals surface area contributed by atoms with Crippen molar-refractivity contribution in [3.05, 3.63) is 60.2 Å². The average molecular weight is 454 g/mol. The summed E-state index contributed by atoms with van der Waals surface area (Å²) >= 11 is 0. The number of rotatable bonds is 5. The maximum atomic E-state index is 13.3. The molecule has 168 valence electrons. The van der Waals surface area contributed by atoms with Gasteiger partial charge in [-0.3, -0.25) is 4.79 Å². The van der Waals surface area contributed by atoms with E-state index < -0.39 is 10.0 Å². The molecule has 2 aromatic rings. The summed E-state index contributed by atoms with van der Waals surface area (Å²) < 4.78 is 33.2. The number of ether oxygens (including phenoxy) is 1. The van der Waals surface area contributed by atoms with Gasteiger partial charge in [-0.15, -0.1) is 0 Å². The Bertz CT molecular complexity index is 1130. The number of benzene rings is 2. The number of carbonyl (C=O) groups is 1. The van der Waals surface area contributed by atoms with E-state index in [-0.39, 0.29) is 16.8 Å². The fraction of sp³-hybridized carbons (Fsp3) is 0.375. The van der Waals surface area contributed by atoms with Gasteiger partial charge in [0.05, 0.1) is 29.5 Å². The second kappa shape index (κ2) is 8.69. The Balaban J connectivity index is 1.49. The van der Waals surface area contributed by atoms with Crippen LogP contribution >= 0.6 is 0 Å². The Hall–Kier alpha value is -2.68. The van der Waals surface area contributed by atoms with Crippen LogP contribution in [0.3, 0.4) is 0 Å². The zero-order valence-electron chi connectivity index (χ0n) is 17.9. The summed E-state index contributed by atoms with van der Waals surface area (Å²) in [5, 5.41) is 0. The highest BCUT2D eigenvalue weighted by Gasteiger charge is 2.41. The molecule has 32 heavy (non-hydrogen) atoms. The van der Waals surface area contributed by atoms with Gasteiger partial charge in [0.25, 0.3) is 0 Å². The summed E-state index contributed by atoms with van der Waals surface area (Å²) in [5.41, 5.74) is 2.66. The Morgan fingerprint density at radius 1 is 1.00 bits per heavy atom. The molecule has 1 unspecified atom stereocenters. The average Bonchev–Trinajstić information content (AvgIpc) is 3.33. The number of anilines is 2. The molecule has 3 aliphatic rings. The minimum Gasteiger partial charge on any atom is -0.379 e. The lowest BCUT2D eigenvalue weighted by atomic mass is 10.1. The first-order valence-corrected chi connectivity index (χ1v) is 12.5. The molecule has 3 aliphatic heterocycles. The summed E-state index contributed by atoms with van der Waals surface area (Å²) in [7, 11) is -3.64. The Morgan fingerprint density at radius 3 is 2.56 bits per heavy atom. The summed E-state index contributed by atoms with van der Waals surface area (Å²) in [4.78, 5) is 17.4. The highest BCUT2D eigenvalue weighted by atomic mass is 32.2. The van der Waals surface area contributed by atoms with Crippen molar-refractivity contribution in [1.82, 2.24) is 4.31 Å². The summed E-state index contributed by atoms with van der Waals surface area (Å²) in [6, 6.07) is 15.0. The molecule has 0 bridgehead atoms. The van der Waals surface area contributed by atoms with Crippen molar-refractivity contribution < 1.29 is 17.9 Å². The molecule has 1 atom stereocenters. The quantitative estimate of drug-likeness (QED) is 0.696. The third-order valence-corrected chi connectivity index (χ3v) is 8.25. The fourth-order valence-electron chi connectivity index (χ4n) is 4.72. The van der Waals surface area contributed by atoms with Gasteiger partial charge in [-0.25, -0.2) is 8.42 Å². The maximum Gasteiger partial charge on any atom is 0.250 e. The standard InChI is InChI=1S/C24H27N3O4S/c28-24-22-9-5-12-26(22)21-11-10-20(32(29,30)25-14-16-31-17-15-25)18-23(21)27(24)13-4-8-19-6-2-1-3-7-19/h1-4,6-8,10-11,18,22H,5,9,12-17H2/b8-4+. The number of sulfonamides is 1. The first-order valence-electron chi connectivity index (χ1n) is 11.1. The molecule has 1 amide bonds. The van der Waals surface area contributed by atoms with E-state index in [9.17, 15) is 13.2 Å². The summed E-state index contributed by atoms with van der Waals surface area (Å²) in [6.45, 7) is 2.69. The molecule has 2 aromatic carbocycles. The van der Waals surface area contributed by atoms with Gasteiger partial charge in [-0.1, -0.05) is 42.5 Å². The van der Waals surface area contributed by atoms with Crippen LogP contribution in [0.2, 0.25) is 0 Å². The van der Waals surface area contributed by atoms with Crippen molar-refractivity contribution in [2.24, 2.45) is 0 Å². The van der Waals surface area contributed by atoms with Crippen LogP contribution in [0.15, 0.2) is 59.5 Å². The molecule has 8 heteroatoms. The second-order valence-electron chi connectivity index (χ2n) is 8.28. The third-order valence-electron chi connectivity index (χ3n) is 6.36. The van der Waals surface area contributed by atoms with Crippen LogP contribution in [0.25, 0.3) is 6.08 Å². The van der Waals surface area contributed by atoms with Crippen molar-refractivity contribution in [2.45, 2.75) is 23.8 Å². The normalized spacial score (nSPS) is 21.8. The van der Waals surface area contributed by atoms with Crippen LogP contribution in [-0.2, 0) is 19.6 Å². The topological polar surface area (TPSA) is 70.2 Å². The first kappa shape index (κ1) is 21.2. The smallest absolute Gasteiger partial charge is 0.250 e. The number of amides is 1. The Labute approximate surface area is 188 Å². The highest BCUT2D eigenvalue weighted by Crippen LogP contribution is 2.41. The minimum atomic E-state index is -3.64. The highest BCUT2D eigenvalue weighted by molar-refractivity contribution is 7.89. The van der Waals surface area contributed by atoms with Gasteiger partial charge in [0.2, 0.25) is 15.9 Å². The number of carbonyl (C=O) groups excluding carboxylic acids is 1. The molecule has 0 aromatic heterocycles. The molecule has 0 N–H and O–H groups in total. The fourth-order valence-corrected chi connectivity index (χ4v) is 6.14. The molecule has 5 rings (SSSR count). The monoisotopic (exact) mass is 453 g/mol. The van der Waals surface area contributed by atoms with Crippen molar-refractivity contribution in [3.63, 3.8) is 0 Å². The lowest BCUT2D eigenvalue weighted by Crippen LogP contribution is -2.50. The molecule has 2 saturated heterocycles. The lowest BCUT2D eigenvalue weighted by Gasteiger charge is -2.39. The van der Waals surface area contributed by atoms with Crippen molar-refractivity contribution in [1.29, 1.82) is 0 Å². The molecule has 7 nitrogen and oxygen atoms in total. The zero-order valence-corrected chi connectivity index (χ0v) is 18.7. The van der Waals surface area contributed by atoms with Gasteiger partial charge >= 0.3 is 0 Å². The van der Waals surface area contributed by atoms with Crippen LogP contribution in [-0.4, -0.2) is 64.1 Å². The zero-order chi connectivity index (χ0) is 22.1. The molecule has 0 spiro atoms. The van der Waals surface area contributed by atoms with Gasteiger partial charge in [0, 0.05) is 26.2 Å². The van der Waals surface area contributed by atoms with Crippen molar-refractivity contribution in [2.75, 3.05) is 49.2 Å². The van der Waals surface area contributed by atoms with E-state index in [4.69, 9.17) is 4.74 Å². The third kappa shape index (κ3) is 3.83. The van der Waals surface area contributed by atoms with Crippen LogP contribution in [0.1, 0.15) is 18.4 Å². The maximum absolute atomic E-state index is 13.3. The van der Waals surface area contributed by atoms with Crippen LogP contribution in [0, 0.1) is 0 Å². The van der Waals surface area contributed by atoms with Crippen LogP contribution in [0.4, 0.5) is 11.4 Å². The Morgan fingerprint density at radius 2 is 1.78 bits per heavy atom. The van der Waals surface area contributed by atoms with E-state index in [2.05, 4.69) is 4.90 Å². The van der Waals surface area contributed by atoms with Gasteiger partial charge < -0.3 is 14.5 Å². The van der Waals surface area contributed by atoms with E-state index in [1.165, 1.54) is 4.31 Å². The molecular formula is C24H27N3O4S. The van der Waals surface area contributed by atoms with Crippen LogP contribution < -0.4 is 9.80 Å². The molecule has 0 aliphatic carbocycles. The van der Waals surface area contributed by atoms with Crippen molar-refractivity contribution in [3.8, 4) is 0 Å². The molecule has 0 saturated carbocycles. The summed E-state index contributed by atoms with van der Waals surface area (Å²) in [6.07, 6.45) is 5.73. The van der Waals surface area contributed by atoms with E-state index in [1.54, 1.807) is 17.0 Å². The number of morpholine rings is 1. The molecular weight excluding hydrogens is 426 g/mol. The van der Waals surface area contributed by atoms with Gasteiger partial charge in [-0.2, -0.15) is 4.31 Å². The van der Waals surface area contributed by atoms with Gasteiger partial charge in [0.15, 0.2) is 0 Å². The molecule has 0 radical (unpaired) electrons. The van der Waals surface area contributed by atoms with E-state index in [0.29, 0.717) is 38.5 Å². The number of hydrogen-bond donors (Lipinski definition) is 0. The first-order chi connectivity index (χ1) is 15.6. The lowest BCUT2D eigenvalue weighted by molar-refractivity contribution is -0.119. The Kier molecular flexibility index (Phi) is 5.75. The van der Waals surface area contributed by atoms with Crippen molar-refractivity contribution >= 4 is 33.4 Å². The number of fused-ring (bicyclic) bond motifs is 3. The van der Waals surface area contributed by atoms with E-state index in [1.807, 2.05) is 48.6 Å². The van der Waals surface area contributed by atoms with Gasteiger partial charge in [-0.05, 0) is 36.6 Å². The second-order valence-corrected chi connectivity index (χ2v) is 10.2. The largest absolute Gasteiger partial charge is 0.379 e. The van der Waals surface area contributed by atoms with Crippen LogP contribution in [0.5, 0.6) is 0 Å². The van der Waals surface area contributed by atoms with E-state index >= 15 is 0 Å².